The van der Waals surface area contributed by atoms with Crippen LogP contribution in [-0.4, -0.2) is 23.3 Å². The molecule has 4 nitrogen and oxygen atoms in total. The summed E-state index contributed by atoms with van der Waals surface area (Å²) in [6, 6.07) is 5.81. The molecule has 1 saturated heterocycles. The normalized spacial score (nSPS) is 21.2. The van der Waals surface area contributed by atoms with Crippen LogP contribution in [0.1, 0.15) is 27.7 Å². The van der Waals surface area contributed by atoms with Gasteiger partial charge in [-0.1, -0.05) is 17.4 Å². The van der Waals surface area contributed by atoms with Gasteiger partial charge in [-0.2, -0.15) is 0 Å². The van der Waals surface area contributed by atoms with E-state index in [4.69, 9.17) is 9.31 Å². The Balaban J connectivity index is 2.00. The first-order valence-corrected chi connectivity index (χ1v) is 7.09. The van der Waals surface area contributed by atoms with Crippen LogP contribution in [0, 0.1) is 0 Å². The highest BCUT2D eigenvalue weighted by Gasteiger charge is 2.51. The molecule has 2 aromatic rings. The van der Waals surface area contributed by atoms with Crippen molar-refractivity contribution in [1.82, 2.24) is 4.98 Å². The Kier molecular flexibility index (Phi) is 2.68. The molecule has 6 heteroatoms. The van der Waals surface area contributed by atoms with E-state index < -0.39 is 7.12 Å². The Morgan fingerprint density at radius 3 is 2.42 bits per heavy atom. The van der Waals surface area contributed by atoms with Crippen molar-refractivity contribution in [3.8, 4) is 0 Å². The minimum atomic E-state index is -0.391. The summed E-state index contributed by atoms with van der Waals surface area (Å²) >= 11 is 1.21. The third-order valence-corrected chi connectivity index (χ3v) is 4.83. The van der Waals surface area contributed by atoms with Gasteiger partial charge in [-0.3, -0.25) is 4.79 Å². The summed E-state index contributed by atoms with van der Waals surface area (Å²) in [5, 5.41) is 0. The fraction of sp³-hybridized carbons (Fsp3) is 0.462. The molecule has 0 unspecified atom stereocenters. The van der Waals surface area contributed by atoms with Crippen LogP contribution in [0.3, 0.4) is 0 Å². The van der Waals surface area contributed by atoms with E-state index in [2.05, 4.69) is 4.98 Å². The summed E-state index contributed by atoms with van der Waals surface area (Å²) in [5.74, 6) is 0. The van der Waals surface area contributed by atoms with Gasteiger partial charge in [0.1, 0.15) is 0 Å². The number of rotatable bonds is 1. The molecule has 2 heterocycles. The molecule has 0 amide bonds. The first-order valence-electron chi connectivity index (χ1n) is 6.27. The second-order valence-electron chi connectivity index (χ2n) is 5.86. The number of benzene rings is 1. The van der Waals surface area contributed by atoms with E-state index in [-0.39, 0.29) is 16.1 Å². The van der Waals surface area contributed by atoms with Crippen molar-refractivity contribution >= 4 is 34.1 Å². The van der Waals surface area contributed by atoms with Crippen molar-refractivity contribution in [1.29, 1.82) is 0 Å². The minimum absolute atomic E-state index is 0.0407. The summed E-state index contributed by atoms with van der Waals surface area (Å²) in [4.78, 5) is 14.1. The number of aromatic nitrogens is 1. The molecule has 0 spiro atoms. The highest BCUT2D eigenvalue weighted by molar-refractivity contribution is 7.16. The topological polar surface area (TPSA) is 51.3 Å². The van der Waals surface area contributed by atoms with Gasteiger partial charge in [-0.15, -0.1) is 0 Å². The van der Waals surface area contributed by atoms with E-state index in [9.17, 15) is 4.79 Å². The van der Waals surface area contributed by atoms with Gasteiger partial charge in [0.15, 0.2) is 0 Å². The molecule has 0 aliphatic carbocycles. The van der Waals surface area contributed by atoms with Gasteiger partial charge >= 0.3 is 12.0 Å². The standard InChI is InChI=1S/C13H16BNO3S/c1-12(2)13(3,4)18-14(17-12)8-5-6-10-9(7-8)15-11(16)19-10/h5-7H,1-4H3,(H,15,16). The molecule has 1 aromatic heterocycles. The highest BCUT2D eigenvalue weighted by Crippen LogP contribution is 2.36. The van der Waals surface area contributed by atoms with E-state index in [0.717, 1.165) is 15.7 Å². The Bertz CT molecular complexity index is 672. The predicted molar refractivity (Wildman–Crippen MR) is 78.2 cm³/mol. The number of H-pyrrole nitrogens is 1. The zero-order valence-corrected chi connectivity index (χ0v) is 12.3. The molecule has 0 atom stereocenters. The Morgan fingerprint density at radius 1 is 1.16 bits per heavy atom. The summed E-state index contributed by atoms with van der Waals surface area (Å²) in [6.07, 6.45) is 0. The average Bonchev–Trinajstić information content (AvgIpc) is 2.74. The number of nitrogens with one attached hydrogen (secondary N) is 1. The molecule has 0 saturated carbocycles. The van der Waals surface area contributed by atoms with Crippen molar-refractivity contribution in [2.24, 2.45) is 0 Å². The Hall–Kier alpha value is -1.11. The summed E-state index contributed by atoms with van der Waals surface area (Å²) < 4.78 is 12.9. The van der Waals surface area contributed by atoms with Crippen LogP contribution in [0.5, 0.6) is 0 Å². The lowest BCUT2D eigenvalue weighted by Crippen LogP contribution is -2.41. The van der Waals surface area contributed by atoms with Crippen LogP contribution < -0.4 is 10.3 Å². The summed E-state index contributed by atoms with van der Waals surface area (Å²) in [7, 11) is -0.391. The Morgan fingerprint density at radius 2 is 1.79 bits per heavy atom. The van der Waals surface area contributed by atoms with Gasteiger partial charge in [0.25, 0.3) is 0 Å². The molecule has 0 radical (unpaired) electrons. The molecule has 1 aromatic carbocycles. The smallest absolute Gasteiger partial charge is 0.399 e. The van der Waals surface area contributed by atoms with Crippen LogP contribution in [0.15, 0.2) is 23.0 Å². The van der Waals surface area contributed by atoms with Gasteiger partial charge in [0.2, 0.25) is 0 Å². The van der Waals surface area contributed by atoms with Gasteiger partial charge in [0, 0.05) is 0 Å². The number of aromatic amines is 1. The second-order valence-corrected chi connectivity index (χ2v) is 6.87. The zero-order chi connectivity index (χ0) is 13.8. The first kappa shape index (κ1) is 12.9. The molecule has 1 fully saturated rings. The van der Waals surface area contributed by atoms with Crippen LogP contribution in [0.2, 0.25) is 0 Å². The number of fused-ring (bicyclic) bond motifs is 1. The van der Waals surface area contributed by atoms with Crippen molar-refractivity contribution in [2.45, 2.75) is 38.9 Å². The third kappa shape index (κ3) is 2.04. The van der Waals surface area contributed by atoms with E-state index in [0.29, 0.717) is 0 Å². The van der Waals surface area contributed by atoms with E-state index in [1.165, 1.54) is 11.3 Å². The first-order chi connectivity index (χ1) is 8.78. The maximum absolute atomic E-state index is 11.3. The maximum Gasteiger partial charge on any atom is 0.494 e. The highest BCUT2D eigenvalue weighted by atomic mass is 32.1. The van der Waals surface area contributed by atoms with Crippen LogP contribution >= 0.6 is 11.3 Å². The van der Waals surface area contributed by atoms with Crippen molar-refractivity contribution < 1.29 is 9.31 Å². The fourth-order valence-corrected chi connectivity index (χ4v) is 2.81. The quantitative estimate of drug-likeness (QED) is 0.810. The molecule has 19 heavy (non-hydrogen) atoms. The van der Waals surface area contributed by atoms with Crippen LogP contribution in [0.25, 0.3) is 10.2 Å². The molecule has 100 valence electrons. The lowest BCUT2D eigenvalue weighted by Gasteiger charge is -2.32. The van der Waals surface area contributed by atoms with Gasteiger partial charge in [-0.05, 0) is 45.3 Å². The summed E-state index contributed by atoms with van der Waals surface area (Å²) in [6.45, 7) is 8.10. The molecule has 1 N–H and O–H groups in total. The average molecular weight is 277 g/mol. The molecule has 1 aliphatic heterocycles. The van der Waals surface area contributed by atoms with Gasteiger partial charge in [0.05, 0.1) is 21.4 Å². The number of thiazole rings is 1. The molecule has 0 bridgehead atoms. The number of hydrogen-bond acceptors (Lipinski definition) is 4. The third-order valence-electron chi connectivity index (χ3n) is 3.97. The lowest BCUT2D eigenvalue weighted by atomic mass is 9.79. The second kappa shape index (κ2) is 3.94. The fourth-order valence-electron chi connectivity index (χ4n) is 2.10. The largest absolute Gasteiger partial charge is 0.494 e. The van der Waals surface area contributed by atoms with Crippen molar-refractivity contribution in [2.75, 3.05) is 0 Å². The monoisotopic (exact) mass is 277 g/mol. The minimum Gasteiger partial charge on any atom is -0.399 e. The van der Waals surface area contributed by atoms with Gasteiger partial charge in [-0.25, -0.2) is 0 Å². The van der Waals surface area contributed by atoms with E-state index >= 15 is 0 Å². The molecular formula is C13H16BNO3S. The summed E-state index contributed by atoms with van der Waals surface area (Å²) in [5.41, 5.74) is 1.06. The zero-order valence-electron chi connectivity index (χ0n) is 11.4. The lowest BCUT2D eigenvalue weighted by molar-refractivity contribution is 0.00578. The molecular weight excluding hydrogens is 261 g/mol. The predicted octanol–water partition coefficient (Wildman–Crippen LogP) is 1.89. The molecule has 3 rings (SSSR count). The van der Waals surface area contributed by atoms with E-state index in [1.807, 2.05) is 45.9 Å². The van der Waals surface area contributed by atoms with Crippen LogP contribution in [0.4, 0.5) is 0 Å². The van der Waals surface area contributed by atoms with Crippen molar-refractivity contribution in [3.63, 3.8) is 0 Å². The van der Waals surface area contributed by atoms with Gasteiger partial charge < -0.3 is 14.3 Å². The number of hydrogen-bond donors (Lipinski definition) is 1. The molecule has 1 aliphatic rings. The van der Waals surface area contributed by atoms with E-state index in [1.54, 1.807) is 0 Å². The maximum atomic E-state index is 11.3. The van der Waals surface area contributed by atoms with Crippen LogP contribution in [-0.2, 0) is 9.31 Å². The Labute approximate surface area is 115 Å². The SMILES string of the molecule is CC1(C)OB(c2ccc3sc(=O)[nH]c3c2)OC1(C)C. The van der Waals surface area contributed by atoms with Crippen molar-refractivity contribution in [3.05, 3.63) is 27.9 Å².